The highest BCUT2D eigenvalue weighted by molar-refractivity contribution is 5.80. The van der Waals surface area contributed by atoms with E-state index >= 15 is 0 Å². The summed E-state index contributed by atoms with van der Waals surface area (Å²) in [6.45, 7) is 4.53. The molecule has 6 heteroatoms. The summed E-state index contributed by atoms with van der Waals surface area (Å²) in [6.07, 6.45) is 7.38. The van der Waals surface area contributed by atoms with Gasteiger partial charge in [0, 0.05) is 53.1 Å². The second-order valence-corrected chi connectivity index (χ2v) is 8.29. The van der Waals surface area contributed by atoms with Gasteiger partial charge in [0.05, 0.1) is 18.8 Å². The first kappa shape index (κ1) is 21.9. The number of benzene rings is 1. The molecule has 6 nitrogen and oxygen atoms in total. The number of nitrogens with zero attached hydrogens (tertiary/aromatic N) is 3. The largest absolute Gasteiger partial charge is 0.378 e. The Kier molecular flexibility index (Phi) is 8.62. The molecule has 0 bridgehead atoms. The van der Waals surface area contributed by atoms with Crippen LogP contribution in [0.25, 0.3) is 0 Å². The fourth-order valence-electron chi connectivity index (χ4n) is 4.03. The van der Waals surface area contributed by atoms with Crippen LogP contribution in [-0.2, 0) is 15.9 Å². The Balaban J connectivity index is 1.35. The van der Waals surface area contributed by atoms with Gasteiger partial charge >= 0.3 is 0 Å². The fourth-order valence-corrected chi connectivity index (χ4v) is 4.03. The van der Waals surface area contributed by atoms with E-state index in [1.54, 1.807) is 0 Å². The minimum atomic E-state index is 0.308. The lowest BCUT2D eigenvalue weighted by atomic mass is 10.1. The smallest absolute Gasteiger partial charge is 0.193 e. The number of piperidine rings is 1. The maximum atomic E-state index is 6.13. The Hall–Kier alpha value is -1.79. The predicted molar refractivity (Wildman–Crippen MR) is 120 cm³/mol. The van der Waals surface area contributed by atoms with Gasteiger partial charge in [-0.05, 0) is 56.2 Å². The van der Waals surface area contributed by atoms with Crippen LogP contribution in [0.5, 0.6) is 0 Å². The molecule has 2 heterocycles. The van der Waals surface area contributed by atoms with Crippen molar-refractivity contribution < 1.29 is 9.47 Å². The normalized spacial score (nSPS) is 21.3. The molecule has 0 amide bonds. The Morgan fingerprint density at radius 1 is 1.17 bits per heavy atom. The van der Waals surface area contributed by atoms with Gasteiger partial charge in [0.25, 0.3) is 0 Å². The number of likely N-dealkylation sites (tertiary alicyclic amines) is 1. The van der Waals surface area contributed by atoms with Crippen LogP contribution < -0.4 is 10.2 Å². The molecule has 0 aromatic heterocycles. The average Bonchev–Trinajstić information content (AvgIpc) is 2.77. The van der Waals surface area contributed by atoms with Crippen molar-refractivity contribution in [3.8, 4) is 0 Å². The van der Waals surface area contributed by atoms with Crippen LogP contribution in [-0.4, -0.2) is 77.1 Å². The molecule has 1 atom stereocenters. The van der Waals surface area contributed by atoms with Gasteiger partial charge in [-0.2, -0.15) is 0 Å². The number of anilines is 1. The summed E-state index contributed by atoms with van der Waals surface area (Å²) in [7, 11) is 6.01. The number of ether oxygens (including phenoxy) is 2. The maximum absolute atomic E-state index is 6.13. The summed E-state index contributed by atoms with van der Waals surface area (Å²) in [4.78, 5) is 8.97. The zero-order chi connectivity index (χ0) is 20.5. The molecule has 162 valence electrons. The van der Waals surface area contributed by atoms with Crippen LogP contribution >= 0.6 is 0 Å². The summed E-state index contributed by atoms with van der Waals surface area (Å²) in [6, 6.07) is 8.76. The second kappa shape index (κ2) is 11.4. The van der Waals surface area contributed by atoms with E-state index in [4.69, 9.17) is 9.47 Å². The van der Waals surface area contributed by atoms with Crippen LogP contribution in [0.15, 0.2) is 29.3 Å². The van der Waals surface area contributed by atoms with Crippen molar-refractivity contribution in [1.82, 2.24) is 10.2 Å². The number of guanidine groups is 1. The topological polar surface area (TPSA) is 49.3 Å². The lowest BCUT2D eigenvalue weighted by molar-refractivity contribution is -0.0721. The Morgan fingerprint density at radius 2 is 1.93 bits per heavy atom. The Bertz CT molecular complexity index is 618. The van der Waals surface area contributed by atoms with Crippen molar-refractivity contribution in [2.75, 3.05) is 58.9 Å². The molecule has 29 heavy (non-hydrogen) atoms. The highest BCUT2D eigenvalue weighted by Crippen LogP contribution is 2.18. The first-order chi connectivity index (χ1) is 14.2. The monoisotopic (exact) mass is 402 g/mol. The molecule has 0 spiro atoms. The summed E-state index contributed by atoms with van der Waals surface area (Å²) in [5.41, 5.74) is 2.58. The number of hydrogen-bond acceptors (Lipinski definition) is 4. The lowest BCUT2D eigenvalue weighted by Gasteiger charge is -2.35. The van der Waals surface area contributed by atoms with Gasteiger partial charge in [-0.3, -0.25) is 4.99 Å². The van der Waals surface area contributed by atoms with Crippen LogP contribution in [0.1, 0.15) is 37.7 Å². The zero-order valence-electron chi connectivity index (χ0n) is 18.4. The summed E-state index contributed by atoms with van der Waals surface area (Å²) in [5, 5.41) is 3.53. The fraction of sp³-hybridized carbons (Fsp3) is 0.696. The molecule has 2 aliphatic heterocycles. The third-order valence-corrected chi connectivity index (χ3v) is 5.89. The second-order valence-electron chi connectivity index (χ2n) is 8.29. The number of hydrogen-bond donors (Lipinski definition) is 1. The molecule has 3 rings (SSSR count). The number of rotatable bonds is 7. The quantitative estimate of drug-likeness (QED) is 0.561. The average molecular weight is 403 g/mol. The number of aliphatic imine (C=N–C) groups is 1. The molecule has 2 aliphatic rings. The Morgan fingerprint density at radius 3 is 2.55 bits per heavy atom. The number of nitrogens with one attached hydrogen (secondary N) is 1. The van der Waals surface area contributed by atoms with Crippen LogP contribution in [0.4, 0.5) is 5.69 Å². The minimum Gasteiger partial charge on any atom is -0.378 e. The molecule has 1 N–H and O–H groups in total. The van der Waals surface area contributed by atoms with E-state index in [9.17, 15) is 0 Å². The van der Waals surface area contributed by atoms with E-state index in [1.807, 2.05) is 7.05 Å². The summed E-state index contributed by atoms with van der Waals surface area (Å²) >= 11 is 0. The first-order valence-electron chi connectivity index (χ1n) is 11.1. The SMILES string of the molecule is CN=C(NCCc1ccc(N(C)C)cc1)N1CCC(OCC2CCCCO2)CC1. The third-order valence-electron chi connectivity index (χ3n) is 5.89. The first-order valence-corrected chi connectivity index (χ1v) is 11.1. The van der Waals surface area contributed by atoms with E-state index in [0.29, 0.717) is 12.2 Å². The molecular formula is C23H38N4O2. The van der Waals surface area contributed by atoms with Gasteiger partial charge in [-0.25, -0.2) is 0 Å². The highest BCUT2D eigenvalue weighted by atomic mass is 16.5. The summed E-state index contributed by atoms with van der Waals surface area (Å²) in [5.74, 6) is 1.00. The van der Waals surface area contributed by atoms with Crippen molar-refractivity contribution in [1.29, 1.82) is 0 Å². The lowest BCUT2D eigenvalue weighted by Crippen LogP contribution is -2.47. The zero-order valence-corrected chi connectivity index (χ0v) is 18.4. The molecule has 1 aromatic rings. The highest BCUT2D eigenvalue weighted by Gasteiger charge is 2.23. The van der Waals surface area contributed by atoms with Gasteiger partial charge in [-0.15, -0.1) is 0 Å². The van der Waals surface area contributed by atoms with E-state index in [-0.39, 0.29) is 0 Å². The van der Waals surface area contributed by atoms with Crippen LogP contribution in [0.3, 0.4) is 0 Å². The van der Waals surface area contributed by atoms with E-state index in [0.717, 1.165) is 64.5 Å². The van der Waals surface area contributed by atoms with Gasteiger partial charge in [0.2, 0.25) is 0 Å². The van der Waals surface area contributed by atoms with Gasteiger partial charge in [-0.1, -0.05) is 12.1 Å². The van der Waals surface area contributed by atoms with Crippen LogP contribution in [0, 0.1) is 0 Å². The minimum absolute atomic E-state index is 0.308. The summed E-state index contributed by atoms with van der Waals surface area (Å²) < 4.78 is 11.9. The van der Waals surface area contributed by atoms with Crippen molar-refractivity contribution in [2.45, 2.75) is 50.7 Å². The Labute approximate surface area is 176 Å². The van der Waals surface area contributed by atoms with Crippen LogP contribution in [0.2, 0.25) is 0 Å². The molecule has 1 aromatic carbocycles. The molecular weight excluding hydrogens is 364 g/mol. The van der Waals surface area contributed by atoms with Crippen molar-refractivity contribution >= 4 is 11.6 Å². The van der Waals surface area contributed by atoms with E-state index in [1.165, 1.54) is 24.1 Å². The molecule has 2 fully saturated rings. The maximum Gasteiger partial charge on any atom is 0.193 e. The molecule has 1 unspecified atom stereocenters. The van der Waals surface area contributed by atoms with Crippen molar-refractivity contribution in [3.05, 3.63) is 29.8 Å². The van der Waals surface area contributed by atoms with E-state index < -0.39 is 0 Å². The standard InChI is InChI=1S/C23H38N4O2/c1-24-23(25-14-11-19-7-9-20(10-8-19)26(2)3)27-15-12-21(13-16-27)29-18-22-6-4-5-17-28-22/h7-10,21-22H,4-6,11-18H2,1-3H3,(H,24,25). The molecule has 0 aliphatic carbocycles. The van der Waals surface area contributed by atoms with Crippen molar-refractivity contribution in [3.63, 3.8) is 0 Å². The van der Waals surface area contributed by atoms with E-state index in [2.05, 4.69) is 58.5 Å². The van der Waals surface area contributed by atoms with Gasteiger partial charge < -0.3 is 24.6 Å². The predicted octanol–water partition coefficient (Wildman–Crippen LogP) is 2.92. The molecule has 0 saturated carbocycles. The molecule has 0 radical (unpaired) electrons. The van der Waals surface area contributed by atoms with Crippen molar-refractivity contribution in [2.24, 2.45) is 4.99 Å². The van der Waals surface area contributed by atoms with Gasteiger partial charge in [0.15, 0.2) is 5.96 Å². The van der Waals surface area contributed by atoms with Gasteiger partial charge in [0.1, 0.15) is 0 Å². The molecule has 2 saturated heterocycles. The third kappa shape index (κ3) is 6.89.